The second-order valence-corrected chi connectivity index (χ2v) is 6.39. The lowest BCUT2D eigenvalue weighted by Gasteiger charge is -2.15. The Bertz CT molecular complexity index is 873. The van der Waals surface area contributed by atoms with Crippen LogP contribution in [0.3, 0.4) is 0 Å². The number of carbonyl (C=O) groups excluding carboxylic acids is 1. The number of benzene rings is 1. The highest BCUT2D eigenvalue weighted by molar-refractivity contribution is 7.10. The van der Waals surface area contributed by atoms with Crippen LogP contribution in [0.5, 0.6) is 0 Å². The quantitative estimate of drug-likeness (QED) is 0.641. The van der Waals surface area contributed by atoms with Gasteiger partial charge in [-0.1, -0.05) is 6.07 Å². The first-order valence-corrected chi connectivity index (χ1v) is 8.21. The van der Waals surface area contributed by atoms with Gasteiger partial charge in [0.1, 0.15) is 5.82 Å². The van der Waals surface area contributed by atoms with Gasteiger partial charge < -0.3 is 15.4 Å². The van der Waals surface area contributed by atoms with E-state index in [1.807, 2.05) is 11.4 Å². The van der Waals surface area contributed by atoms with E-state index in [-0.39, 0.29) is 24.6 Å². The summed E-state index contributed by atoms with van der Waals surface area (Å²) in [4.78, 5) is 27.1. The highest BCUT2D eigenvalue weighted by atomic mass is 32.1. The Hall–Kier alpha value is -2.67. The van der Waals surface area contributed by atoms with Crippen LogP contribution < -0.4 is 5.32 Å². The number of hydrogen-bond donors (Lipinski definition) is 3. The zero-order valence-electron chi connectivity index (χ0n) is 12.6. The summed E-state index contributed by atoms with van der Waals surface area (Å²) in [6.07, 6.45) is 1.58. The van der Waals surface area contributed by atoms with Gasteiger partial charge in [-0.15, -0.1) is 11.3 Å². The number of fused-ring (bicyclic) bond motifs is 1. The van der Waals surface area contributed by atoms with Gasteiger partial charge in [-0.3, -0.25) is 9.59 Å². The molecule has 3 aromatic rings. The van der Waals surface area contributed by atoms with E-state index in [1.165, 1.54) is 23.5 Å². The summed E-state index contributed by atoms with van der Waals surface area (Å²) < 4.78 is 13.2. The number of aromatic amines is 1. The molecule has 0 bridgehead atoms. The molecule has 24 heavy (non-hydrogen) atoms. The first-order chi connectivity index (χ1) is 11.5. The monoisotopic (exact) mass is 346 g/mol. The molecular formula is C17H15FN2O3S. The minimum Gasteiger partial charge on any atom is -0.481 e. The number of amides is 1. The van der Waals surface area contributed by atoms with E-state index < -0.39 is 12.0 Å². The molecule has 0 fully saturated rings. The van der Waals surface area contributed by atoms with E-state index in [0.29, 0.717) is 5.52 Å². The number of rotatable bonds is 6. The Morgan fingerprint density at radius 2 is 2.17 bits per heavy atom. The van der Waals surface area contributed by atoms with Gasteiger partial charge in [-0.2, -0.15) is 0 Å². The minimum absolute atomic E-state index is 0.0904. The van der Waals surface area contributed by atoms with Gasteiger partial charge in [0.2, 0.25) is 5.91 Å². The third-order valence-corrected chi connectivity index (χ3v) is 4.67. The van der Waals surface area contributed by atoms with Gasteiger partial charge in [0.25, 0.3) is 0 Å². The molecule has 124 valence electrons. The molecule has 0 saturated carbocycles. The summed E-state index contributed by atoms with van der Waals surface area (Å²) in [5, 5.41) is 14.4. The summed E-state index contributed by atoms with van der Waals surface area (Å²) in [5.41, 5.74) is 1.36. The first-order valence-electron chi connectivity index (χ1n) is 7.33. The summed E-state index contributed by atoms with van der Waals surface area (Å²) in [6, 6.07) is 7.39. The third kappa shape index (κ3) is 3.62. The lowest BCUT2D eigenvalue weighted by atomic mass is 10.1. The SMILES string of the molecule is O=C(O)C[C@H](NC(=O)Cc1c[nH]c2cc(F)ccc12)c1cccs1. The van der Waals surface area contributed by atoms with Crippen molar-refractivity contribution >= 4 is 34.1 Å². The average molecular weight is 346 g/mol. The van der Waals surface area contributed by atoms with Gasteiger partial charge in [-0.05, 0) is 35.2 Å². The van der Waals surface area contributed by atoms with E-state index >= 15 is 0 Å². The lowest BCUT2D eigenvalue weighted by molar-refractivity contribution is -0.137. The van der Waals surface area contributed by atoms with Crippen molar-refractivity contribution in [3.8, 4) is 0 Å². The number of thiophene rings is 1. The summed E-state index contributed by atoms with van der Waals surface area (Å²) in [6.45, 7) is 0. The Labute approximate surface area is 141 Å². The maximum Gasteiger partial charge on any atom is 0.305 e. The fraction of sp³-hybridized carbons (Fsp3) is 0.176. The van der Waals surface area contributed by atoms with Crippen molar-refractivity contribution in [2.24, 2.45) is 0 Å². The normalized spacial score (nSPS) is 12.2. The molecule has 1 aromatic carbocycles. The Morgan fingerprint density at radius 1 is 1.33 bits per heavy atom. The molecule has 2 heterocycles. The number of hydrogen-bond acceptors (Lipinski definition) is 3. The lowest BCUT2D eigenvalue weighted by Crippen LogP contribution is -2.30. The molecule has 0 radical (unpaired) electrons. The molecule has 0 spiro atoms. The van der Waals surface area contributed by atoms with Gasteiger partial charge >= 0.3 is 5.97 Å². The highest BCUT2D eigenvalue weighted by Gasteiger charge is 2.19. The topological polar surface area (TPSA) is 82.2 Å². The molecule has 2 aromatic heterocycles. The maximum atomic E-state index is 13.2. The molecule has 0 unspecified atom stereocenters. The minimum atomic E-state index is -0.976. The number of carboxylic acids is 1. The number of aromatic nitrogens is 1. The third-order valence-electron chi connectivity index (χ3n) is 3.68. The molecule has 3 N–H and O–H groups in total. The molecule has 7 heteroatoms. The number of carboxylic acid groups (broad SMARTS) is 1. The van der Waals surface area contributed by atoms with Gasteiger partial charge in [0.15, 0.2) is 0 Å². The molecule has 0 aliphatic carbocycles. The summed E-state index contributed by atoms with van der Waals surface area (Å²) >= 11 is 1.40. The van der Waals surface area contributed by atoms with Crippen molar-refractivity contribution in [1.29, 1.82) is 0 Å². The second kappa shape index (κ2) is 6.84. The number of H-pyrrole nitrogens is 1. The molecule has 3 rings (SSSR count). The molecule has 5 nitrogen and oxygen atoms in total. The summed E-state index contributed by atoms with van der Waals surface area (Å²) in [7, 11) is 0. The number of carbonyl (C=O) groups is 2. The Balaban J connectivity index is 1.74. The van der Waals surface area contributed by atoms with E-state index in [4.69, 9.17) is 5.11 Å². The van der Waals surface area contributed by atoms with E-state index in [2.05, 4.69) is 10.3 Å². The van der Waals surface area contributed by atoms with Crippen molar-refractivity contribution in [2.45, 2.75) is 18.9 Å². The van der Waals surface area contributed by atoms with Crippen LogP contribution in [0.15, 0.2) is 41.9 Å². The molecule has 0 aliphatic heterocycles. The molecule has 0 saturated heterocycles. The van der Waals surface area contributed by atoms with Crippen LogP contribution in [-0.2, 0) is 16.0 Å². The van der Waals surface area contributed by atoms with Crippen LogP contribution in [-0.4, -0.2) is 22.0 Å². The first kappa shape index (κ1) is 16.2. The van der Waals surface area contributed by atoms with Gasteiger partial charge in [0.05, 0.1) is 18.9 Å². The molecule has 1 amide bonds. The van der Waals surface area contributed by atoms with Crippen molar-refractivity contribution in [3.63, 3.8) is 0 Å². The van der Waals surface area contributed by atoms with Crippen LogP contribution in [0, 0.1) is 5.82 Å². The maximum absolute atomic E-state index is 13.2. The molecular weight excluding hydrogens is 331 g/mol. The second-order valence-electron chi connectivity index (χ2n) is 5.41. The Morgan fingerprint density at radius 3 is 2.88 bits per heavy atom. The van der Waals surface area contributed by atoms with Crippen LogP contribution in [0.4, 0.5) is 4.39 Å². The zero-order chi connectivity index (χ0) is 17.1. The zero-order valence-corrected chi connectivity index (χ0v) is 13.4. The van der Waals surface area contributed by atoms with Gasteiger partial charge in [0, 0.05) is 22.0 Å². The van der Waals surface area contributed by atoms with Crippen LogP contribution in [0.2, 0.25) is 0 Å². The molecule has 1 atom stereocenters. The fourth-order valence-electron chi connectivity index (χ4n) is 2.61. The fourth-order valence-corrected chi connectivity index (χ4v) is 3.39. The largest absolute Gasteiger partial charge is 0.481 e. The van der Waals surface area contributed by atoms with Crippen LogP contribution >= 0.6 is 11.3 Å². The smallest absolute Gasteiger partial charge is 0.305 e. The number of halogens is 1. The standard InChI is InChI=1S/C17H15FN2O3S/c18-11-3-4-12-10(9-19-13(12)7-11)6-16(21)20-14(8-17(22)23)15-2-1-5-24-15/h1-5,7,9,14,19H,6,8H2,(H,20,21)(H,22,23)/t14-/m0/s1. The van der Waals surface area contributed by atoms with E-state index in [0.717, 1.165) is 15.8 Å². The van der Waals surface area contributed by atoms with Gasteiger partial charge in [-0.25, -0.2) is 4.39 Å². The van der Waals surface area contributed by atoms with E-state index in [9.17, 15) is 14.0 Å². The Kier molecular flexibility index (Phi) is 4.61. The van der Waals surface area contributed by atoms with Crippen LogP contribution in [0.25, 0.3) is 10.9 Å². The van der Waals surface area contributed by atoms with Crippen molar-refractivity contribution in [2.75, 3.05) is 0 Å². The summed E-state index contributed by atoms with van der Waals surface area (Å²) in [5.74, 6) is -1.60. The van der Waals surface area contributed by atoms with E-state index in [1.54, 1.807) is 18.3 Å². The van der Waals surface area contributed by atoms with Crippen LogP contribution in [0.1, 0.15) is 22.9 Å². The predicted octanol–water partition coefficient (Wildman–Crippen LogP) is 3.24. The molecule has 0 aliphatic rings. The number of nitrogens with one attached hydrogen (secondary N) is 2. The predicted molar refractivity (Wildman–Crippen MR) is 89.4 cm³/mol. The average Bonchev–Trinajstić information content (AvgIpc) is 3.16. The van der Waals surface area contributed by atoms with Crippen molar-refractivity contribution in [3.05, 3.63) is 58.2 Å². The number of aliphatic carboxylic acids is 1. The van der Waals surface area contributed by atoms with Crippen molar-refractivity contribution in [1.82, 2.24) is 10.3 Å². The van der Waals surface area contributed by atoms with Crippen molar-refractivity contribution < 1.29 is 19.1 Å². The highest BCUT2D eigenvalue weighted by Crippen LogP contribution is 2.23.